The summed E-state index contributed by atoms with van der Waals surface area (Å²) in [5.41, 5.74) is 0. The summed E-state index contributed by atoms with van der Waals surface area (Å²) in [4.78, 5) is 2.48. The van der Waals surface area contributed by atoms with Crippen molar-refractivity contribution in [2.45, 2.75) is 13.0 Å². The van der Waals surface area contributed by atoms with Gasteiger partial charge in [-0.25, -0.2) is 4.39 Å². The zero-order chi connectivity index (χ0) is 14.1. The maximum atomic E-state index is 13.3. The van der Waals surface area contributed by atoms with E-state index >= 15 is 0 Å². The van der Waals surface area contributed by atoms with Crippen molar-refractivity contribution >= 4 is 48.7 Å². The Kier molecular flexibility index (Phi) is 4.21. The van der Waals surface area contributed by atoms with Crippen LogP contribution in [0.15, 0.2) is 40.2 Å². The van der Waals surface area contributed by atoms with E-state index in [-0.39, 0.29) is 11.9 Å². The Morgan fingerprint density at radius 1 is 1.30 bits per heavy atom. The fourth-order valence-electron chi connectivity index (χ4n) is 2.22. The maximum absolute atomic E-state index is 13.3. The predicted molar refractivity (Wildman–Crippen MR) is 89.3 cm³/mol. The summed E-state index contributed by atoms with van der Waals surface area (Å²) in [5, 5.41) is 6.57. The number of halogens is 2. The molecule has 5 heteroatoms. The number of fused-ring (bicyclic) bond motifs is 1. The summed E-state index contributed by atoms with van der Waals surface area (Å²) in [6.45, 7) is 2.99. The number of hydrogen-bond donors (Lipinski definition) is 1. The fraction of sp³-hybridized carbons (Fsp3) is 0.200. The highest BCUT2D eigenvalue weighted by Crippen LogP contribution is 2.38. The Morgan fingerprint density at radius 3 is 2.85 bits per heavy atom. The predicted octanol–water partition coefficient (Wildman–Crippen LogP) is 5.56. The number of thiophene rings is 2. The van der Waals surface area contributed by atoms with Crippen LogP contribution in [0, 0.1) is 5.82 Å². The van der Waals surface area contributed by atoms with Crippen LogP contribution >= 0.6 is 38.6 Å². The minimum atomic E-state index is -0.181. The molecule has 1 atom stereocenters. The summed E-state index contributed by atoms with van der Waals surface area (Å²) in [7, 11) is 0. The highest BCUT2D eigenvalue weighted by Gasteiger charge is 2.19. The van der Waals surface area contributed by atoms with Gasteiger partial charge in [0.05, 0.1) is 6.04 Å². The van der Waals surface area contributed by atoms with Crippen molar-refractivity contribution in [3.05, 3.63) is 55.8 Å². The van der Waals surface area contributed by atoms with Gasteiger partial charge in [-0.3, -0.25) is 0 Å². The van der Waals surface area contributed by atoms with Crippen LogP contribution in [-0.4, -0.2) is 6.54 Å². The Labute approximate surface area is 133 Å². The van der Waals surface area contributed by atoms with Gasteiger partial charge in [0.15, 0.2) is 0 Å². The van der Waals surface area contributed by atoms with Crippen molar-refractivity contribution in [2.75, 3.05) is 6.54 Å². The topological polar surface area (TPSA) is 12.0 Å². The molecule has 1 nitrogen and oxygen atoms in total. The molecule has 20 heavy (non-hydrogen) atoms. The lowest BCUT2D eigenvalue weighted by Crippen LogP contribution is -2.20. The molecule has 1 aromatic carbocycles. The molecular formula is C15H13BrFNS2. The van der Waals surface area contributed by atoms with Crippen LogP contribution in [0.4, 0.5) is 4.39 Å². The zero-order valence-corrected chi connectivity index (χ0v) is 14.0. The van der Waals surface area contributed by atoms with E-state index in [1.165, 1.54) is 15.8 Å². The smallest absolute Gasteiger partial charge is 0.123 e. The van der Waals surface area contributed by atoms with Crippen LogP contribution in [-0.2, 0) is 0 Å². The molecule has 0 fully saturated rings. The van der Waals surface area contributed by atoms with E-state index in [4.69, 9.17) is 0 Å². The summed E-state index contributed by atoms with van der Waals surface area (Å²) < 4.78 is 15.6. The summed E-state index contributed by atoms with van der Waals surface area (Å²) in [5.74, 6) is -0.181. The number of rotatable bonds is 4. The molecular weight excluding hydrogens is 357 g/mol. The Hall–Kier alpha value is -0.750. The first-order valence-electron chi connectivity index (χ1n) is 6.34. The third-order valence-corrected chi connectivity index (χ3v) is 6.21. The van der Waals surface area contributed by atoms with Gasteiger partial charge in [-0.05, 0) is 63.6 Å². The Morgan fingerprint density at radius 2 is 2.15 bits per heavy atom. The number of nitrogens with one attached hydrogen (secondary N) is 1. The molecule has 0 amide bonds. The van der Waals surface area contributed by atoms with Gasteiger partial charge in [0.1, 0.15) is 5.82 Å². The van der Waals surface area contributed by atoms with Crippen molar-refractivity contribution in [3.63, 3.8) is 0 Å². The monoisotopic (exact) mass is 369 g/mol. The first-order valence-corrected chi connectivity index (χ1v) is 8.83. The minimum absolute atomic E-state index is 0.162. The van der Waals surface area contributed by atoms with E-state index < -0.39 is 0 Å². The van der Waals surface area contributed by atoms with Crippen molar-refractivity contribution in [3.8, 4) is 0 Å². The normalized spacial score (nSPS) is 12.9. The molecule has 0 bridgehead atoms. The summed E-state index contributed by atoms with van der Waals surface area (Å²) in [6, 6.07) is 9.29. The van der Waals surface area contributed by atoms with Crippen molar-refractivity contribution in [1.29, 1.82) is 0 Å². The molecule has 0 radical (unpaired) electrons. The Balaban J connectivity index is 2.07. The van der Waals surface area contributed by atoms with Gasteiger partial charge in [-0.2, -0.15) is 0 Å². The van der Waals surface area contributed by atoms with Gasteiger partial charge < -0.3 is 5.32 Å². The zero-order valence-electron chi connectivity index (χ0n) is 10.8. The van der Waals surface area contributed by atoms with Crippen LogP contribution < -0.4 is 5.32 Å². The van der Waals surface area contributed by atoms with Gasteiger partial charge in [-0.15, -0.1) is 22.7 Å². The SMILES string of the molecule is CCNC(c1cc2cc(F)ccc2s1)c1sccc1Br. The molecule has 0 saturated carbocycles. The standard InChI is InChI=1S/C15H13BrFNS2/c1-2-18-14(15-11(16)5-6-19-15)13-8-9-7-10(17)3-4-12(9)20-13/h3-8,14,18H,2H2,1H3. The third-order valence-electron chi connectivity index (χ3n) is 3.10. The number of hydrogen-bond acceptors (Lipinski definition) is 3. The highest BCUT2D eigenvalue weighted by atomic mass is 79.9. The fourth-order valence-corrected chi connectivity index (χ4v) is 5.11. The van der Waals surface area contributed by atoms with Gasteiger partial charge in [-0.1, -0.05) is 6.92 Å². The van der Waals surface area contributed by atoms with Gasteiger partial charge in [0.2, 0.25) is 0 Å². The molecule has 2 heterocycles. The average molecular weight is 370 g/mol. The van der Waals surface area contributed by atoms with Crippen LogP contribution in [0.25, 0.3) is 10.1 Å². The molecule has 0 aliphatic rings. The van der Waals surface area contributed by atoms with Gasteiger partial charge in [0.25, 0.3) is 0 Å². The van der Waals surface area contributed by atoms with Crippen molar-refractivity contribution < 1.29 is 4.39 Å². The largest absolute Gasteiger partial charge is 0.305 e. The maximum Gasteiger partial charge on any atom is 0.123 e. The number of benzene rings is 1. The lowest BCUT2D eigenvalue weighted by atomic mass is 10.1. The van der Waals surface area contributed by atoms with Crippen LogP contribution in [0.5, 0.6) is 0 Å². The average Bonchev–Trinajstić information content (AvgIpc) is 3.01. The van der Waals surface area contributed by atoms with E-state index in [9.17, 15) is 4.39 Å². The molecule has 104 valence electrons. The second-order valence-corrected chi connectivity index (χ2v) is 7.37. The lowest BCUT2D eigenvalue weighted by molar-refractivity contribution is 0.629. The quantitative estimate of drug-likeness (QED) is 0.634. The van der Waals surface area contributed by atoms with Crippen LogP contribution in [0.3, 0.4) is 0 Å². The molecule has 0 spiro atoms. The van der Waals surface area contributed by atoms with E-state index in [0.717, 1.165) is 21.1 Å². The van der Waals surface area contributed by atoms with Crippen LogP contribution in [0.2, 0.25) is 0 Å². The lowest BCUT2D eigenvalue weighted by Gasteiger charge is -2.15. The molecule has 2 aromatic heterocycles. The van der Waals surface area contributed by atoms with Crippen molar-refractivity contribution in [2.24, 2.45) is 0 Å². The van der Waals surface area contributed by atoms with E-state index in [0.29, 0.717) is 0 Å². The Bertz CT molecular complexity index is 734. The molecule has 0 saturated heterocycles. The minimum Gasteiger partial charge on any atom is -0.305 e. The first kappa shape index (κ1) is 14.2. The first-order chi connectivity index (χ1) is 9.69. The van der Waals surface area contributed by atoms with E-state index in [2.05, 4.69) is 45.7 Å². The van der Waals surface area contributed by atoms with Gasteiger partial charge in [0, 0.05) is 18.9 Å². The van der Waals surface area contributed by atoms with E-state index in [1.807, 2.05) is 6.07 Å². The molecule has 3 rings (SSSR count). The highest BCUT2D eigenvalue weighted by molar-refractivity contribution is 9.10. The second-order valence-electron chi connectivity index (χ2n) is 4.45. The van der Waals surface area contributed by atoms with Crippen LogP contribution in [0.1, 0.15) is 22.7 Å². The molecule has 0 aliphatic heterocycles. The van der Waals surface area contributed by atoms with Gasteiger partial charge >= 0.3 is 0 Å². The third kappa shape index (κ3) is 2.68. The van der Waals surface area contributed by atoms with Crippen molar-refractivity contribution in [1.82, 2.24) is 5.32 Å². The summed E-state index contributed by atoms with van der Waals surface area (Å²) >= 11 is 7.05. The summed E-state index contributed by atoms with van der Waals surface area (Å²) in [6.07, 6.45) is 0. The second kappa shape index (κ2) is 5.93. The molecule has 1 N–H and O–H groups in total. The molecule has 1 unspecified atom stereocenters. The molecule has 3 aromatic rings. The van der Waals surface area contributed by atoms with E-state index in [1.54, 1.807) is 28.7 Å². The molecule has 0 aliphatic carbocycles.